The zero-order valence-electron chi connectivity index (χ0n) is 16.4. The Bertz CT molecular complexity index is 963. The van der Waals surface area contributed by atoms with Crippen molar-refractivity contribution in [2.75, 3.05) is 6.61 Å². The standard InChI is InChI=1S/C23H23FN2O3/c1-3-16(2)17-6-10-20(11-7-17)28-15-23(27)26-25-14-21-12-13-22(29-21)18-4-8-19(24)9-5-18/h4-14,16H,3,15H2,1-2H3,(H,26,27). The fourth-order valence-corrected chi connectivity index (χ4v) is 2.67. The predicted octanol–water partition coefficient (Wildman–Crippen LogP) is 5.13. The minimum atomic E-state index is -0.377. The van der Waals surface area contributed by atoms with E-state index in [2.05, 4.69) is 24.4 Å². The molecule has 2 aromatic carbocycles. The number of carbonyl (C=O) groups is 1. The summed E-state index contributed by atoms with van der Waals surface area (Å²) in [5.41, 5.74) is 4.39. The largest absolute Gasteiger partial charge is 0.484 e. The summed E-state index contributed by atoms with van der Waals surface area (Å²) in [5.74, 6) is 1.49. The highest BCUT2D eigenvalue weighted by atomic mass is 19.1. The monoisotopic (exact) mass is 394 g/mol. The van der Waals surface area contributed by atoms with Crippen molar-refractivity contribution in [1.82, 2.24) is 5.43 Å². The van der Waals surface area contributed by atoms with Gasteiger partial charge in [0.2, 0.25) is 0 Å². The van der Waals surface area contributed by atoms with E-state index < -0.39 is 0 Å². The Morgan fingerprint density at radius 1 is 1.14 bits per heavy atom. The first-order valence-corrected chi connectivity index (χ1v) is 9.45. The maximum Gasteiger partial charge on any atom is 0.277 e. The van der Waals surface area contributed by atoms with Gasteiger partial charge in [0.25, 0.3) is 5.91 Å². The van der Waals surface area contributed by atoms with Gasteiger partial charge in [0, 0.05) is 5.56 Å². The van der Waals surface area contributed by atoms with Gasteiger partial charge < -0.3 is 9.15 Å². The van der Waals surface area contributed by atoms with Crippen LogP contribution < -0.4 is 10.2 Å². The van der Waals surface area contributed by atoms with Crippen molar-refractivity contribution in [1.29, 1.82) is 0 Å². The molecule has 0 saturated heterocycles. The van der Waals surface area contributed by atoms with E-state index in [1.54, 1.807) is 24.3 Å². The van der Waals surface area contributed by atoms with E-state index in [4.69, 9.17) is 9.15 Å². The summed E-state index contributed by atoms with van der Waals surface area (Å²) in [7, 11) is 0. The van der Waals surface area contributed by atoms with Crippen LogP contribution >= 0.6 is 0 Å². The number of carbonyl (C=O) groups excluding carboxylic acids is 1. The molecule has 0 saturated carbocycles. The van der Waals surface area contributed by atoms with Gasteiger partial charge in [0.1, 0.15) is 23.1 Å². The van der Waals surface area contributed by atoms with Gasteiger partial charge in [-0.2, -0.15) is 5.10 Å². The van der Waals surface area contributed by atoms with Crippen molar-refractivity contribution in [3.8, 4) is 17.1 Å². The number of halogens is 1. The van der Waals surface area contributed by atoms with Crippen LogP contribution in [0.1, 0.15) is 37.5 Å². The van der Waals surface area contributed by atoms with Gasteiger partial charge in [-0.25, -0.2) is 9.82 Å². The molecule has 0 aliphatic carbocycles. The second kappa shape index (κ2) is 9.68. The summed E-state index contributed by atoms with van der Waals surface area (Å²) >= 11 is 0. The molecular weight excluding hydrogens is 371 g/mol. The summed E-state index contributed by atoms with van der Waals surface area (Å²) in [4.78, 5) is 11.9. The van der Waals surface area contributed by atoms with E-state index >= 15 is 0 Å². The lowest BCUT2D eigenvalue weighted by Crippen LogP contribution is -2.24. The zero-order valence-corrected chi connectivity index (χ0v) is 16.4. The van der Waals surface area contributed by atoms with Crippen LogP contribution in [0.3, 0.4) is 0 Å². The van der Waals surface area contributed by atoms with E-state index in [-0.39, 0.29) is 18.3 Å². The lowest BCUT2D eigenvalue weighted by molar-refractivity contribution is -0.123. The summed E-state index contributed by atoms with van der Waals surface area (Å²) < 4.78 is 24.1. The first-order chi connectivity index (χ1) is 14.0. The number of hydrogen-bond donors (Lipinski definition) is 1. The summed E-state index contributed by atoms with van der Waals surface area (Å²) in [6.45, 7) is 4.17. The molecular formula is C23H23FN2O3. The van der Waals surface area contributed by atoms with Gasteiger partial charge in [-0.1, -0.05) is 26.0 Å². The predicted molar refractivity (Wildman–Crippen MR) is 110 cm³/mol. The normalized spacial score (nSPS) is 12.1. The van der Waals surface area contributed by atoms with E-state index in [0.29, 0.717) is 23.2 Å². The van der Waals surface area contributed by atoms with Crippen LogP contribution in [-0.4, -0.2) is 18.7 Å². The Morgan fingerprint density at radius 2 is 1.86 bits per heavy atom. The van der Waals surface area contributed by atoms with Crippen molar-refractivity contribution in [3.05, 3.63) is 77.8 Å². The van der Waals surface area contributed by atoms with Gasteiger partial charge >= 0.3 is 0 Å². The van der Waals surface area contributed by atoms with E-state index in [1.807, 2.05) is 24.3 Å². The SMILES string of the molecule is CCC(C)c1ccc(OCC(=O)NN=Cc2ccc(-c3ccc(F)cc3)o2)cc1. The number of ether oxygens (including phenoxy) is 1. The second-order valence-corrected chi connectivity index (χ2v) is 6.67. The third kappa shape index (κ3) is 5.78. The molecule has 1 N–H and O–H groups in total. The molecule has 6 heteroatoms. The minimum absolute atomic E-state index is 0.140. The molecule has 1 atom stereocenters. The van der Waals surface area contributed by atoms with Crippen molar-refractivity contribution < 1.29 is 18.3 Å². The van der Waals surface area contributed by atoms with Crippen LogP contribution in [0.25, 0.3) is 11.3 Å². The Morgan fingerprint density at radius 3 is 2.55 bits per heavy atom. The van der Waals surface area contributed by atoms with Gasteiger partial charge in [-0.15, -0.1) is 0 Å². The summed E-state index contributed by atoms with van der Waals surface area (Å²) in [6, 6.07) is 17.2. The molecule has 0 aliphatic heterocycles. The molecule has 29 heavy (non-hydrogen) atoms. The Kier molecular flexibility index (Phi) is 6.79. The van der Waals surface area contributed by atoms with E-state index in [9.17, 15) is 9.18 Å². The molecule has 3 aromatic rings. The van der Waals surface area contributed by atoms with Crippen LogP contribution in [-0.2, 0) is 4.79 Å². The molecule has 1 amide bonds. The summed E-state index contributed by atoms with van der Waals surface area (Å²) in [6.07, 6.45) is 2.47. The first-order valence-electron chi connectivity index (χ1n) is 9.45. The quantitative estimate of drug-likeness (QED) is 0.426. The van der Waals surface area contributed by atoms with Gasteiger partial charge in [0.05, 0.1) is 6.21 Å². The first kappa shape index (κ1) is 20.3. The number of rotatable bonds is 8. The maximum atomic E-state index is 13.0. The highest BCUT2D eigenvalue weighted by molar-refractivity contribution is 5.81. The van der Waals surface area contributed by atoms with E-state index in [1.165, 1.54) is 23.9 Å². The molecule has 0 spiro atoms. The maximum absolute atomic E-state index is 13.0. The van der Waals surface area contributed by atoms with Crippen molar-refractivity contribution in [3.63, 3.8) is 0 Å². The fourth-order valence-electron chi connectivity index (χ4n) is 2.67. The third-order valence-corrected chi connectivity index (χ3v) is 4.57. The summed E-state index contributed by atoms with van der Waals surface area (Å²) in [5, 5.41) is 3.87. The smallest absolute Gasteiger partial charge is 0.277 e. The molecule has 1 aromatic heterocycles. The number of benzene rings is 2. The minimum Gasteiger partial charge on any atom is -0.484 e. The number of furan rings is 1. The van der Waals surface area contributed by atoms with E-state index in [0.717, 1.165) is 12.0 Å². The number of amides is 1. The second-order valence-electron chi connectivity index (χ2n) is 6.67. The number of hydrogen-bond acceptors (Lipinski definition) is 4. The average molecular weight is 394 g/mol. The van der Waals surface area contributed by atoms with Crippen LogP contribution in [0.4, 0.5) is 4.39 Å². The zero-order chi connectivity index (χ0) is 20.6. The molecule has 0 fully saturated rings. The molecule has 0 aliphatic rings. The van der Waals surface area contributed by atoms with Crippen molar-refractivity contribution >= 4 is 12.1 Å². The number of nitrogens with one attached hydrogen (secondary N) is 1. The Hall–Kier alpha value is -3.41. The molecule has 5 nitrogen and oxygen atoms in total. The van der Waals surface area contributed by atoms with Crippen molar-refractivity contribution in [2.24, 2.45) is 5.10 Å². The van der Waals surface area contributed by atoms with Crippen LogP contribution in [0.5, 0.6) is 5.75 Å². The van der Waals surface area contributed by atoms with Crippen LogP contribution in [0.15, 0.2) is 70.2 Å². The Balaban J connectivity index is 1.47. The van der Waals surface area contributed by atoms with Crippen LogP contribution in [0, 0.1) is 5.82 Å². The number of hydrazone groups is 1. The molecule has 1 unspecified atom stereocenters. The van der Waals surface area contributed by atoms with Crippen molar-refractivity contribution in [2.45, 2.75) is 26.2 Å². The topological polar surface area (TPSA) is 63.8 Å². The molecule has 0 radical (unpaired) electrons. The molecule has 1 heterocycles. The fraction of sp³-hybridized carbons (Fsp3) is 0.217. The highest BCUT2D eigenvalue weighted by Crippen LogP contribution is 2.22. The van der Waals surface area contributed by atoms with Gasteiger partial charge in [-0.05, 0) is 66.4 Å². The van der Waals surface area contributed by atoms with Crippen LogP contribution in [0.2, 0.25) is 0 Å². The lowest BCUT2D eigenvalue weighted by Gasteiger charge is -2.10. The third-order valence-electron chi connectivity index (χ3n) is 4.57. The van der Waals surface area contributed by atoms with Gasteiger partial charge in [-0.3, -0.25) is 4.79 Å². The lowest BCUT2D eigenvalue weighted by atomic mass is 9.99. The molecule has 3 rings (SSSR count). The molecule has 150 valence electrons. The molecule has 0 bridgehead atoms. The highest BCUT2D eigenvalue weighted by Gasteiger charge is 2.06. The average Bonchev–Trinajstić information content (AvgIpc) is 3.21. The van der Waals surface area contributed by atoms with Gasteiger partial charge in [0.15, 0.2) is 6.61 Å². The number of nitrogens with zero attached hydrogens (tertiary/aromatic N) is 1. The Labute approximate surface area is 169 Å².